The molecule has 0 rings (SSSR count). The summed E-state index contributed by atoms with van der Waals surface area (Å²) < 4.78 is 137. The zero-order valence-corrected chi connectivity index (χ0v) is 15.4. The molecule has 0 aliphatic heterocycles. The van der Waals surface area contributed by atoms with Gasteiger partial charge in [-0.1, -0.05) is 0 Å². The summed E-state index contributed by atoms with van der Waals surface area (Å²) in [6.45, 7) is 0. The highest BCUT2D eigenvalue weighted by Gasteiger charge is 2.77. The fourth-order valence-electron chi connectivity index (χ4n) is 1.15. The molecule has 0 aromatic heterocycles. The molecule has 0 bridgehead atoms. The van der Waals surface area contributed by atoms with Crippen LogP contribution in [0.1, 0.15) is 0 Å². The number of hydrogen-bond acceptors (Lipinski definition) is 3. The van der Waals surface area contributed by atoms with Crippen LogP contribution in [0, 0.1) is 0 Å². The molecule has 0 aromatic carbocycles. The number of hydrogen-bond donors (Lipinski definition) is 0. The Bertz CT molecular complexity index is 564. The van der Waals surface area contributed by atoms with Gasteiger partial charge in [0.2, 0.25) is 0 Å². The van der Waals surface area contributed by atoms with Crippen LogP contribution in [0.4, 0.5) is 39.5 Å². The maximum Gasteiger partial charge on any atom is 0.409 e. The van der Waals surface area contributed by atoms with E-state index in [1.54, 1.807) is 0 Å². The summed E-state index contributed by atoms with van der Waals surface area (Å²) >= 11 is 8.13. The first-order valence-electron chi connectivity index (χ1n) is 5.17. The van der Waals surface area contributed by atoms with Crippen molar-refractivity contribution in [1.82, 2.24) is 0 Å². The second kappa shape index (κ2) is 6.96. The molecule has 0 saturated heterocycles. The minimum absolute atomic E-state index is 0.159. The van der Waals surface area contributed by atoms with Gasteiger partial charge in [0, 0.05) is 6.26 Å². The summed E-state index contributed by atoms with van der Waals surface area (Å²) in [6.07, 6.45) is -11.3. The molecule has 0 aromatic rings. The zero-order valence-electron chi connectivity index (χ0n) is 11.0. The second-order valence-corrected chi connectivity index (χ2v) is 8.99. The van der Waals surface area contributed by atoms with E-state index in [2.05, 4.69) is 27.9 Å². The molecule has 3 nitrogen and oxygen atoms in total. The second-order valence-electron chi connectivity index (χ2n) is 4.43. The van der Waals surface area contributed by atoms with Gasteiger partial charge in [-0.2, -0.15) is 35.1 Å². The highest BCUT2D eigenvalue weighted by molar-refractivity contribution is 14.1. The Kier molecular flexibility index (Phi) is 7.13. The Hall–Kier alpha value is 0.590. The first-order valence-corrected chi connectivity index (χ1v) is 9.12. The highest BCUT2D eigenvalue weighted by Crippen LogP contribution is 2.56. The van der Waals surface area contributed by atoms with Crippen molar-refractivity contribution in [2.45, 2.75) is 32.6 Å². The quantitative estimate of drug-likeness (QED) is 0.255. The van der Waals surface area contributed by atoms with Crippen LogP contribution in [0.15, 0.2) is 0 Å². The van der Waals surface area contributed by atoms with E-state index in [-0.39, 0.29) is 6.26 Å². The van der Waals surface area contributed by atoms with E-state index >= 15 is 0 Å². The molecule has 0 N–H and O–H groups in total. The molecule has 2 atom stereocenters. The monoisotopic (exact) mass is 550 g/mol. The van der Waals surface area contributed by atoms with Gasteiger partial charge in [0.25, 0.3) is 0 Å². The molecule has 0 radical (unpaired) electrons. The lowest BCUT2D eigenvalue weighted by Crippen LogP contribution is -2.62. The summed E-state index contributed by atoms with van der Waals surface area (Å²) in [6, 6.07) is 0. The molecule has 0 saturated carbocycles. The van der Waals surface area contributed by atoms with Crippen molar-refractivity contribution in [3.8, 4) is 0 Å². The van der Waals surface area contributed by atoms with E-state index in [0.29, 0.717) is 0 Å². The molecule has 16 heteroatoms. The van der Waals surface area contributed by atoms with E-state index in [1.807, 2.05) is 0 Å². The average molecular weight is 551 g/mol. The van der Waals surface area contributed by atoms with Crippen LogP contribution in [0.25, 0.3) is 0 Å². The van der Waals surface area contributed by atoms with Crippen LogP contribution in [0.2, 0.25) is 0 Å². The molecule has 0 aliphatic carbocycles. The van der Waals surface area contributed by atoms with Crippen LogP contribution in [-0.4, -0.2) is 53.0 Å². The third-order valence-electron chi connectivity index (χ3n) is 2.10. The van der Waals surface area contributed by atoms with E-state index in [4.69, 9.17) is 0 Å². The first-order chi connectivity index (χ1) is 10.1. The van der Waals surface area contributed by atoms with Gasteiger partial charge in [-0.3, -0.25) is 4.74 Å². The number of halogens is 12. The van der Waals surface area contributed by atoms with Gasteiger partial charge in [0.1, 0.15) is 5.75 Å². The van der Waals surface area contributed by atoms with Crippen molar-refractivity contribution in [2.75, 3.05) is 12.0 Å². The van der Waals surface area contributed by atoms with Gasteiger partial charge in [-0.25, -0.2) is 12.8 Å². The topological polar surface area (TPSA) is 43.4 Å². The lowest BCUT2D eigenvalue weighted by molar-refractivity contribution is -0.404. The SMILES string of the molecule is CS(=O)(=O)CC(F)(F)OC(F)(F)C(F)(I)C(F)(F)C(Cl)C(F)(F)Cl. The van der Waals surface area contributed by atoms with Crippen molar-refractivity contribution < 1.29 is 52.7 Å². The Labute approximate surface area is 152 Å². The third kappa shape index (κ3) is 5.81. The number of sulfone groups is 1. The first kappa shape index (κ1) is 24.6. The van der Waals surface area contributed by atoms with Crippen molar-refractivity contribution >= 4 is 55.6 Å². The Morgan fingerprint density at radius 1 is 1.04 bits per heavy atom. The van der Waals surface area contributed by atoms with Gasteiger partial charge in [-0.15, -0.1) is 11.6 Å². The third-order valence-corrected chi connectivity index (χ3v) is 5.18. The standard InChI is InChI=1S/C8H6Cl2F9IO3S/c1-24(21,22)2-4(11,12)23-8(18,19)7(17,20)5(13,14)3(9)6(10,15)16/h3H,2H2,1H3. The normalized spacial score (nSPS) is 19.0. The van der Waals surface area contributed by atoms with Gasteiger partial charge < -0.3 is 0 Å². The number of alkyl halides is 12. The number of ether oxygens (including phenoxy) is 1. The Balaban J connectivity index is 5.75. The Morgan fingerprint density at radius 2 is 1.42 bits per heavy atom. The van der Waals surface area contributed by atoms with Crippen LogP contribution in [0.5, 0.6) is 0 Å². The molecule has 2 unspecified atom stereocenters. The van der Waals surface area contributed by atoms with Crippen LogP contribution in [0.3, 0.4) is 0 Å². The van der Waals surface area contributed by atoms with Gasteiger partial charge in [0.05, 0.1) is 0 Å². The molecule has 0 amide bonds. The molecular weight excluding hydrogens is 545 g/mol. The lowest BCUT2D eigenvalue weighted by Gasteiger charge is -2.38. The van der Waals surface area contributed by atoms with Crippen molar-refractivity contribution in [2.24, 2.45) is 0 Å². The van der Waals surface area contributed by atoms with E-state index in [9.17, 15) is 47.9 Å². The lowest BCUT2D eigenvalue weighted by atomic mass is 10.1. The molecule has 0 aliphatic rings. The fraction of sp³-hybridized carbons (Fsp3) is 1.00. The summed E-state index contributed by atoms with van der Waals surface area (Å²) in [5.41, 5.74) is 0. The summed E-state index contributed by atoms with van der Waals surface area (Å²) in [5.74, 6) is -8.30. The maximum atomic E-state index is 13.8. The van der Waals surface area contributed by atoms with Gasteiger partial charge in [-0.05, 0) is 34.2 Å². The smallest absolute Gasteiger partial charge is 0.251 e. The predicted molar refractivity (Wildman–Crippen MR) is 73.9 cm³/mol. The largest absolute Gasteiger partial charge is 0.409 e. The van der Waals surface area contributed by atoms with Crippen molar-refractivity contribution in [1.29, 1.82) is 0 Å². The van der Waals surface area contributed by atoms with E-state index in [0.717, 1.165) is 0 Å². The fourth-order valence-corrected chi connectivity index (χ4v) is 2.71. The summed E-state index contributed by atoms with van der Waals surface area (Å²) in [4.78, 5) is 0. The summed E-state index contributed by atoms with van der Waals surface area (Å²) in [7, 11) is -4.66. The minimum Gasteiger partial charge on any atom is -0.251 e. The molecule has 0 fully saturated rings. The minimum atomic E-state index is -6.14. The zero-order chi connectivity index (χ0) is 20.0. The van der Waals surface area contributed by atoms with Crippen molar-refractivity contribution in [3.63, 3.8) is 0 Å². The van der Waals surface area contributed by atoms with Gasteiger partial charge in [0.15, 0.2) is 15.2 Å². The predicted octanol–water partition coefficient (Wildman–Crippen LogP) is 4.41. The maximum absolute atomic E-state index is 13.8. The molecule has 24 heavy (non-hydrogen) atoms. The van der Waals surface area contributed by atoms with Crippen LogP contribution < -0.4 is 0 Å². The average Bonchev–Trinajstić information content (AvgIpc) is 2.20. The van der Waals surface area contributed by atoms with Gasteiger partial charge >= 0.3 is 27.2 Å². The molecular formula is C8H6Cl2F9IO3S. The number of rotatable bonds is 8. The van der Waals surface area contributed by atoms with Crippen LogP contribution in [-0.2, 0) is 14.6 Å². The van der Waals surface area contributed by atoms with E-state index < -0.39 is 70.8 Å². The van der Waals surface area contributed by atoms with E-state index in [1.165, 1.54) is 0 Å². The molecule has 0 spiro atoms. The molecule has 146 valence electrons. The van der Waals surface area contributed by atoms with Crippen molar-refractivity contribution in [3.05, 3.63) is 0 Å². The highest BCUT2D eigenvalue weighted by atomic mass is 127. The van der Waals surface area contributed by atoms with Crippen LogP contribution >= 0.6 is 45.8 Å². The Morgan fingerprint density at radius 3 is 1.71 bits per heavy atom. The summed E-state index contributed by atoms with van der Waals surface area (Å²) in [5, 5.41) is -9.18. The molecule has 0 heterocycles.